The Labute approximate surface area is 128 Å². The van der Waals surface area contributed by atoms with Crippen LogP contribution in [0, 0.1) is 0 Å². The maximum absolute atomic E-state index is 9.68. The smallest absolute Gasteiger partial charge is 0.0499 e. The van der Waals surface area contributed by atoms with Crippen LogP contribution in [-0.2, 0) is 5.41 Å². The molecule has 1 heterocycles. The molecule has 0 saturated carbocycles. The quantitative estimate of drug-likeness (QED) is 0.735. The third kappa shape index (κ3) is 3.59. The van der Waals surface area contributed by atoms with E-state index in [1.807, 2.05) is 11.8 Å². The summed E-state index contributed by atoms with van der Waals surface area (Å²) < 4.78 is 0. The van der Waals surface area contributed by atoms with Crippen molar-refractivity contribution >= 4 is 11.8 Å². The SMILES string of the molecule is CCCCC[C@H](CO)c1ccc2c(c1)SCCC2(C)C. The monoisotopic (exact) mass is 292 g/mol. The molecule has 0 spiro atoms. The van der Waals surface area contributed by atoms with Crippen molar-refractivity contribution in [2.45, 2.75) is 69.1 Å². The van der Waals surface area contributed by atoms with Gasteiger partial charge in [-0.1, -0.05) is 52.2 Å². The van der Waals surface area contributed by atoms with Crippen molar-refractivity contribution < 1.29 is 5.11 Å². The van der Waals surface area contributed by atoms with Crippen molar-refractivity contribution in [2.24, 2.45) is 0 Å². The molecule has 0 aromatic heterocycles. The summed E-state index contributed by atoms with van der Waals surface area (Å²) in [6.07, 6.45) is 6.09. The van der Waals surface area contributed by atoms with Gasteiger partial charge in [0, 0.05) is 17.4 Å². The average Bonchev–Trinajstić information content (AvgIpc) is 2.43. The maximum atomic E-state index is 9.68. The van der Waals surface area contributed by atoms with Gasteiger partial charge in [0.15, 0.2) is 0 Å². The number of rotatable bonds is 6. The molecular weight excluding hydrogens is 264 g/mol. The molecule has 0 radical (unpaired) electrons. The lowest BCUT2D eigenvalue weighted by Crippen LogP contribution is -2.22. The van der Waals surface area contributed by atoms with Gasteiger partial charge in [-0.3, -0.25) is 0 Å². The normalized spacial score (nSPS) is 18.6. The molecule has 1 nitrogen and oxygen atoms in total. The topological polar surface area (TPSA) is 20.2 Å². The van der Waals surface area contributed by atoms with Crippen LogP contribution < -0.4 is 0 Å². The van der Waals surface area contributed by atoms with Crippen molar-refractivity contribution in [2.75, 3.05) is 12.4 Å². The van der Waals surface area contributed by atoms with Gasteiger partial charge in [-0.05, 0) is 41.2 Å². The van der Waals surface area contributed by atoms with E-state index < -0.39 is 0 Å². The fourth-order valence-electron chi connectivity index (χ4n) is 3.03. The highest BCUT2D eigenvalue weighted by atomic mass is 32.2. The van der Waals surface area contributed by atoms with Gasteiger partial charge >= 0.3 is 0 Å². The first kappa shape index (κ1) is 15.9. The summed E-state index contributed by atoms with van der Waals surface area (Å²) >= 11 is 1.98. The molecule has 0 amide bonds. The predicted molar refractivity (Wildman–Crippen MR) is 88.8 cm³/mol. The van der Waals surface area contributed by atoms with E-state index in [1.54, 1.807) is 0 Å². The standard InChI is InChI=1S/C18H28OS/c1-4-5-6-7-15(13-19)14-8-9-16-17(12-14)20-11-10-18(16,2)3/h8-9,12,15,19H,4-7,10-11,13H2,1-3H3/t15-/m1/s1. The summed E-state index contributed by atoms with van der Waals surface area (Å²) in [5.41, 5.74) is 3.12. The lowest BCUT2D eigenvalue weighted by molar-refractivity contribution is 0.256. The molecule has 0 bridgehead atoms. The summed E-state index contributed by atoms with van der Waals surface area (Å²) in [7, 11) is 0. The Morgan fingerprint density at radius 1 is 1.30 bits per heavy atom. The molecule has 1 aromatic rings. The Morgan fingerprint density at radius 2 is 2.10 bits per heavy atom. The second-order valence-corrected chi connectivity index (χ2v) is 7.75. The molecule has 0 saturated heterocycles. The van der Waals surface area contributed by atoms with E-state index >= 15 is 0 Å². The number of hydrogen-bond acceptors (Lipinski definition) is 2. The van der Waals surface area contributed by atoms with Crippen LogP contribution in [0.5, 0.6) is 0 Å². The minimum atomic E-state index is 0.274. The molecule has 0 unspecified atom stereocenters. The molecule has 1 aliphatic rings. The van der Waals surface area contributed by atoms with E-state index in [-0.39, 0.29) is 6.61 Å². The van der Waals surface area contributed by atoms with Gasteiger partial charge in [0.2, 0.25) is 0 Å². The van der Waals surface area contributed by atoms with Gasteiger partial charge in [0.25, 0.3) is 0 Å². The molecule has 1 aromatic carbocycles. The van der Waals surface area contributed by atoms with E-state index in [4.69, 9.17) is 0 Å². The number of fused-ring (bicyclic) bond motifs is 1. The van der Waals surface area contributed by atoms with Gasteiger partial charge in [-0.25, -0.2) is 0 Å². The first-order valence-corrected chi connectivity index (χ1v) is 8.95. The summed E-state index contributed by atoms with van der Waals surface area (Å²) in [6.45, 7) is 7.19. The predicted octanol–water partition coefficient (Wildman–Crippen LogP) is 5.12. The molecule has 1 atom stereocenters. The maximum Gasteiger partial charge on any atom is 0.0499 e. The molecule has 2 rings (SSSR count). The van der Waals surface area contributed by atoms with Crippen LogP contribution in [0.1, 0.15) is 69.9 Å². The molecule has 1 aliphatic heterocycles. The van der Waals surface area contributed by atoms with Crippen LogP contribution >= 0.6 is 11.8 Å². The van der Waals surface area contributed by atoms with E-state index in [0.717, 1.165) is 6.42 Å². The van der Waals surface area contributed by atoms with E-state index in [0.29, 0.717) is 11.3 Å². The molecular formula is C18H28OS. The number of aliphatic hydroxyl groups is 1. The van der Waals surface area contributed by atoms with Crippen molar-refractivity contribution in [1.29, 1.82) is 0 Å². The summed E-state index contributed by atoms with van der Waals surface area (Å²) in [5, 5.41) is 9.68. The summed E-state index contributed by atoms with van der Waals surface area (Å²) in [5.74, 6) is 1.53. The molecule has 1 N–H and O–H groups in total. The zero-order valence-electron chi connectivity index (χ0n) is 13.1. The molecule has 112 valence electrons. The second kappa shape index (κ2) is 7.00. The van der Waals surface area contributed by atoms with E-state index in [1.165, 1.54) is 47.5 Å². The van der Waals surface area contributed by atoms with Crippen molar-refractivity contribution in [3.05, 3.63) is 29.3 Å². The van der Waals surface area contributed by atoms with Gasteiger partial charge in [-0.2, -0.15) is 0 Å². The van der Waals surface area contributed by atoms with Gasteiger partial charge in [0.1, 0.15) is 0 Å². The second-order valence-electron chi connectivity index (χ2n) is 6.61. The van der Waals surface area contributed by atoms with E-state index in [9.17, 15) is 5.11 Å². The molecule has 2 heteroatoms. The summed E-state index contributed by atoms with van der Waals surface area (Å²) in [6, 6.07) is 6.90. The highest BCUT2D eigenvalue weighted by Gasteiger charge is 2.28. The molecule has 0 aliphatic carbocycles. The fourth-order valence-corrected chi connectivity index (χ4v) is 4.58. The number of aliphatic hydroxyl groups excluding tert-OH is 1. The third-order valence-electron chi connectivity index (χ3n) is 4.57. The van der Waals surface area contributed by atoms with Gasteiger partial charge < -0.3 is 5.11 Å². The van der Waals surface area contributed by atoms with Gasteiger partial charge in [0.05, 0.1) is 0 Å². The Balaban J connectivity index is 2.17. The van der Waals surface area contributed by atoms with Crippen molar-refractivity contribution in [3.63, 3.8) is 0 Å². The highest BCUT2D eigenvalue weighted by molar-refractivity contribution is 7.99. The van der Waals surface area contributed by atoms with Crippen molar-refractivity contribution in [1.82, 2.24) is 0 Å². The lowest BCUT2D eigenvalue weighted by Gasteiger charge is -2.32. The van der Waals surface area contributed by atoms with Crippen LogP contribution in [0.3, 0.4) is 0 Å². The first-order chi connectivity index (χ1) is 9.58. The zero-order valence-corrected chi connectivity index (χ0v) is 13.9. The van der Waals surface area contributed by atoms with Crippen LogP contribution in [0.15, 0.2) is 23.1 Å². The largest absolute Gasteiger partial charge is 0.396 e. The Morgan fingerprint density at radius 3 is 2.80 bits per heavy atom. The van der Waals surface area contributed by atoms with Crippen LogP contribution in [-0.4, -0.2) is 17.5 Å². The Hall–Kier alpha value is -0.470. The fraction of sp³-hybridized carbons (Fsp3) is 0.667. The number of benzene rings is 1. The van der Waals surface area contributed by atoms with Crippen molar-refractivity contribution in [3.8, 4) is 0 Å². The Kier molecular flexibility index (Phi) is 5.57. The van der Waals surface area contributed by atoms with E-state index in [2.05, 4.69) is 39.0 Å². The summed E-state index contributed by atoms with van der Waals surface area (Å²) in [4.78, 5) is 1.44. The zero-order chi connectivity index (χ0) is 14.6. The highest BCUT2D eigenvalue weighted by Crippen LogP contribution is 2.42. The van der Waals surface area contributed by atoms with Crippen LogP contribution in [0.4, 0.5) is 0 Å². The van der Waals surface area contributed by atoms with Gasteiger partial charge in [-0.15, -0.1) is 11.8 Å². The number of hydrogen-bond donors (Lipinski definition) is 1. The molecule has 0 fully saturated rings. The van der Waals surface area contributed by atoms with Crippen LogP contribution in [0.2, 0.25) is 0 Å². The lowest BCUT2D eigenvalue weighted by atomic mass is 9.80. The molecule has 20 heavy (non-hydrogen) atoms. The first-order valence-electron chi connectivity index (χ1n) is 7.96. The Bertz CT molecular complexity index is 439. The minimum absolute atomic E-state index is 0.274. The third-order valence-corrected chi connectivity index (χ3v) is 5.62. The number of unbranched alkanes of at least 4 members (excludes halogenated alkanes) is 2. The number of thioether (sulfide) groups is 1. The van der Waals surface area contributed by atoms with Crippen LogP contribution in [0.25, 0.3) is 0 Å². The minimum Gasteiger partial charge on any atom is -0.396 e. The average molecular weight is 292 g/mol.